The number of nitrogens with one attached hydrogen (secondary N) is 2. The van der Waals surface area contributed by atoms with Crippen LogP contribution in [0.2, 0.25) is 0 Å². The van der Waals surface area contributed by atoms with Crippen molar-refractivity contribution in [2.45, 2.75) is 73.6 Å². The third kappa shape index (κ3) is 5.63. The van der Waals surface area contributed by atoms with Crippen molar-refractivity contribution < 1.29 is 16.8 Å². The van der Waals surface area contributed by atoms with Crippen molar-refractivity contribution in [3.05, 3.63) is 35.9 Å². The first-order chi connectivity index (χ1) is 12.9. The zero-order valence-corrected chi connectivity index (χ0v) is 17.1. The fourth-order valence-corrected chi connectivity index (χ4v) is 6.03. The maximum Gasteiger partial charge on any atom is 0.240 e. The maximum atomic E-state index is 12.4. The number of hydrogen-bond acceptors (Lipinski definition) is 4. The van der Waals surface area contributed by atoms with E-state index in [0.29, 0.717) is 6.54 Å². The van der Waals surface area contributed by atoms with Gasteiger partial charge in [-0.2, -0.15) is 0 Å². The second-order valence-corrected chi connectivity index (χ2v) is 10.8. The third-order valence-corrected chi connectivity index (χ3v) is 8.26. The van der Waals surface area contributed by atoms with Crippen molar-refractivity contribution in [2.24, 2.45) is 0 Å². The Bertz CT molecular complexity index is 869. The van der Waals surface area contributed by atoms with Crippen molar-refractivity contribution in [3.8, 4) is 0 Å². The van der Waals surface area contributed by atoms with Crippen LogP contribution in [-0.4, -0.2) is 29.4 Å². The van der Waals surface area contributed by atoms with Gasteiger partial charge in [-0.05, 0) is 69.2 Å². The van der Waals surface area contributed by atoms with Gasteiger partial charge in [-0.15, -0.1) is 0 Å². The molecule has 2 N–H and O–H groups in total. The van der Waals surface area contributed by atoms with Crippen molar-refractivity contribution >= 4 is 20.0 Å². The molecule has 0 saturated heterocycles. The van der Waals surface area contributed by atoms with Gasteiger partial charge < -0.3 is 0 Å². The molecule has 3 rings (SSSR count). The predicted molar refractivity (Wildman–Crippen MR) is 105 cm³/mol. The van der Waals surface area contributed by atoms with E-state index < -0.39 is 20.0 Å². The lowest BCUT2D eigenvalue weighted by molar-refractivity contribution is 0.551. The Labute approximate surface area is 162 Å². The molecule has 2 aliphatic carbocycles. The van der Waals surface area contributed by atoms with E-state index >= 15 is 0 Å². The highest BCUT2D eigenvalue weighted by Crippen LogP contribution is 2.22. The van der Waals surface area contributed by atoms with Crippen LogP contribution in [0, 0.1) is 0 Å². The van der Waals surface area contributed by atoms with Crippen LogP contribution in [-0.2, 0) is 20.0 Å². The summed E-state index contributed by atoms with van der Waals surface area (Å²) < 4.78 is 55.0. The quantitative estimate of drug-likeness (QED) is 0.642. The molecule has 0 aliphatic heterocycles. The van der Waals surface area contributed by atoms with E-state index in [1.54, 1.807) is 0 Å². The van der Waals surface area contributed by atoms with E-state index in [1.807, 2.05) is 0 Å². The summed E-state index contributed by atoms with van der Waals surface area (Å²) in [6, 6.07) is 5.40. The molecule has 2 aliphatic rings. The Hall–Kier alpha value is -1.22. The monoisotopic (exact) mass is 412 g/mol. The highest BCUT2D eigenvalue weighted by Gasteiger charge is 2.23. The van der Waals surface area contributed by atoms with E-state index in [4.69, 9.17) is 0 Å². The van der Waals surface area contributed by atoms with Gasteiger partial charge in [-0.1, -0.05) is 24.5 Å². The summed E-state index contributed by atoms with van der Waals surface area (Å²) in [6.45, 7) is 0.359. The first-order valence-electron chi connectivity index (χ1n) is 9.67. The van der Waals surface area contributed by atoms with Crippen molar-refractivity contribution in [1.29, 1.82) is 0 Å². The molecule has 0 heterocycles. The second-order valence-electron chi connectivity index (χ2n) is 7.33. The molecule has 0 bridgehead atoms. The van der Waals surface area contributed by atoms with Crippen LogP contribution >= 0.6 is 0 Å². The lowest BCUT2D eigenvalue weighted by atomic mass is 9.97. The second kappa shape index (κ2) is 8.86. The van der Waals surface area contributed by atoms with Crippen molar-refractivity contribution in [1.82, 2.24) is 9.44 Å². The van der Waals surface area contributed by atoms with Crippen LogP contribution in [0.4, 0.5) is 0 Å². The van der Waals surface area contributed by atoms with Crippen LogP contribution < -0.4 is 9.44 Å². The molecular formula is C19H28N2O4S2. The average Bonchev–Trinajstić information content (AvgIpc) is 3.15. The zero-order valence-electron chi connectivity index (χ0n) is 15.5. The lowest BCUT2D eigenvalue weighted by Gasteiger charge is -2.14. The minimum atomic E-state index is -3.64. The maximum absolute atomic E-state index is 12.4. The molecule has 0 atom stereocenters. The molecule has 0 unspecified atom stereocenters. The highest BCUT2D eigenvalue weighted by molar-refractivity contribution is 7.90. The molecular weight excluding hydrogens is 384 g/mol. The van der Waals surface area contributed by atoms with E-state index in [1.165, 1.54) is 42.7 Å². The Morgan fingerprint density at radius 2 is 1.48 bits per heavy atom. The van der Waals surface area contributed by atoms with Crippen LogP contribution in [0.15, 0.2) is 45.7 Å². The van der Waals surface area contributed by atoms with E-state index in [-0.39, 0.29) is 15.8 Å². The van der Waals surface area contributed by atoms with E-state index in [2.05, 4.69) is 15.5 Å². The fourth-order valence-electron chi connectivity index (χ4n) is 3.69. The van der Waals surface area contributed by atoms with Gasteiger partial charge in [-0.25, -0.2) is 26.3 Å². The topological polar surface area (TPSA) is 92.3 Å². The summed E-state index contributed by atoms with van der Waals surface area (Å²) >= 11 is 0. The molecule has 0 amide bonds. The molecule has 1 saturated carbocycles. The van der Waals surface area contributed by atoms with Crippen LogP contribution in [0.5, 0.6) is 0 Å². The van der Waals surface area contributed by atoms with Gasteiger partial charge in [-0.3, -0.25) is 0 Å². The third-order valence-electron chi connectivity index (χ3n) is 5.24. The minimum absolute atomic E-state index is 0.0193. The summed E-state index contributed by atoms with van der Waals surface area (Å²) in [5.41, 5.74) is 1.31. The predicted octanol–water partition coefficient (Wildman–Crippen LogP) is 3.08. The first-order valence-corrected chi connectivity index (χ1v) is 12.6. The number of sulfonamides is 2. The van der Waals surface area contributed by atoms with Gasteiger partial charge in [0.1, 0.15) is 0 Å². The van der Waals surface area contributed by atoms with Crippen LogP contribution in [0.25, 0.3) is 0 Å². The molecule has 0 spiro atoms. The highest BCUT2D eigenvalue weighted by atomic mass is 32.2. The molecule has 27 heavy (non-hydrogen) atoms. The summed E-state index contributed by atoms with van der Waals surface area (Å²) in [4.78, 5) is 0.181. The summed E-state index contributed by atoms with van der Waals surface area (Å²) in [6.07, 6.45) is 11.2. The van der Waals surface area contributed by atoms with Crippen LogP contribution in [0.1, 0.15) is 57.8 Å². The summed E-state index contributed by atoms with van der Waals surface area (Å²) in [5.74, 6) is 0. The molecule has 0 radical (unpaired) electrons. The van der Waals surface area contributed by atoms with Crippen molar-refractivity contribution in [2.75, 3.05) is 6.54 Å². The van der Waals surface area contributed by atoms with Gasteiger partial charge in [0.05, 0.1) is 9.79 Å². The van der Waals surface area contributed by atoms with Gasteiger partial charge in [0.25, 0.3) is 0 Å². The number of allylic oxidation sites excluding steroid dienone is 1. The van der Waals surface area contributed by atoms with E-state index in [9.17, 15) is 16.8 Å². The number of benzene rings is 1. The number of rotatable bonds is 8. The van der Waals surface area contributed by atoms with Crippen LogP contribution in [0.3, 0.4) is 0 Å². The number of hydrogen-bond donors (Lipinski definition) is 2. The van der Waals surface area contributed by atoms with E-state index in [0.717, 1.165) is 44.9 Å². The lowest BCUT2D eigenvalue weighted by Crippen LogP contribution is -2.32. The first kappa shape index (κ1) is 20.5. The molecule has 1 aromatic carbocycles. The van der Waals surface area contributed by atoms with Gasteiger partial charge in [0.15, 0.2) is 0 Å². The average molecular weight is 413 g/mol. The molecule has 6 nitrogen and oxygen atoms in total. The molecule has 1 fully saturated rings. The Kier molecular flexibility index (Phi) is 6.73. The smallest absolute Gasteiger partial charge is 0.211 e. The largest absolute Gasteiger partial charge is 0.240 e. The molecule has 8 heteroatoms. The standard InChI is InChI=1S/C19H28N2O4S2/c22-26(23,20-15-14-16-6-2-1-3-7-16)18-10-12-19(13-11-18)27(24,25)21-17-8-4-5-9-17/h6,10-13,17,20-21H,1-5,7-9,14-15H2. The molecule has 0 aromatic heterocycles. The Morgan fingerprint density at radius 1 is 0.852 bits per heavy atom. The summed E-state index contributed by atoms with van der Waals surface area (Å²) in [5, 5.41) is 0. The van der Waals surface area contributed by atoms with Crippen molar-refractivity contribution in [3.63, 3.8) is 0 Å². The Morgan fingerprint density at radius 3 is 2.07 bits per heavy atom. The molecule has 1 aromatic rings. The Balaban J connectivity index is 1.60. The zero-order chi connectivity index (χ0) is 19.3. The minimum Gasteiger partial charge on any atom is -0.211 e. The normalized spacial score (nSPS) is 19.2. The molecule has 150 valence electrons. The SMILES string of the molecule is O=S(=O)(NCCC1=CCCCC1)c1ccc(S(=O)(=O)NC2CCCC2)cc1. The summed E-state index contributed by atoms with van der Waals surface area (Å²) in [7, 11) is -7.25. The van der Waals surface area contributed by atoms with Gasteiger partial charge in [0, 0.05) is 12.6 Å². The van der Waals surface area contributed by atoms with Gasteiger partial charge in [0.2, 0.25) is 20.0 Å². The fraction of sp³-hybridized carbons (Fsp3) is 0.579. The van der Waals surface area contributed by atoms with Gasteiger partial charge >= 0.3 is 0 Å².